The fraction of sp³-hybridized carbons (Fsp3) is 0.292. The lowest BCUT2D eigenvalue weighted by Gasteiger charge is -2.37. The summed E-state index contributed by atoms with van der Waals surface area (Å²) < 4.78 is 41.2. The van der Waals surface area contributed by atoms with Crippen LogP contribution in [0, 0.1) is 5.82 Å². The lowest BCUT2D eigenvalue weighted by Crippen LogP contribution is -2.47. The maximum atomic E-state index is 13.6. The van der Waals surface area contributed by atoms with Crippen molar-refractivity contribution in [3.63, 3.8) is 0 Å². The fourth-order valence-electron chi connectivity index (χ4n) is 4.32. The minimum absolute atomic E-state index is 0.0111. The molecular formula is C24H23FN2O3S2. The highest BCUT2D eigenvalue weighted by atomic mass is 32.2. The molecule has 5 nitrogen and oxygen atoms in total. The van der Waals surface area contributed by atoms with Gasteiger partial charge in [0.05, 0.1) is 17.5 Å². The van der Waals surface area contributed by atoms with Crippen LogP contribution in [0.1, 0.15) is 34.9 Å². The van der Waals surface area contributed by atoms with Crippen molar-refractivity contribution in [3.8, 4) is 0 Å². The Morgan fingerprint density at radius 1 is 1.06 bits per heavy atom. The molecule has 1 atom stereocenters. The van der Waals surface area contributed by atoms with Gasteiger partial charge in [-0.1, -0.05) is 30.3 Å². The first kappa shape index (κ1) is 21.3. The number of carbonyl (C=O) groups excluding carboxylic acids is 1. The summed E-state index contributed by atoms with van der Waals surface area (Å²) in [4.78, 5) is 16.6. The molecule has 0 N–H and O–H groups in total. The molecule has 0 radical (unpaired) electrons. The van der Waals surface area contributed by atoms with Crippen LogP contribution in [0.4, 0.5) is 4.39 Å². The third kappa shape index (κ3) is 3.98. The summed E-state index contributed by atoms with van der Waals surface area (Å²) in [6.45, 7) is 0.328. The predicted molar refractivity (Wildman–Crippen MR) is 121 cm³/mol. The summed E-state index contributed by atoms with van der Waals surface area (Å²) in [5.41, 5.74) is 2.12. The number of nitrogens with zero attached hydrogens (tertiary/aromatic N) is 2. The van der Waals surface area contributed by atoms with Gasteiger partial charge in [-0.25, -0.2) is 12.8 Å². The van der Waals surface area contributed by atoms with E-state index in [9.17, 15) is 17.6 Å². The van der Waals surface area contributed by atoms with E-state index in [0.717, 1.165) is 42.5 Å². The largest absolute Gasteiger partial charge is 0.330 e. The van der Waals surface area contributed by atoms with Crippen LogP contribution in [-0.4, -0.2) is 42.7 Å². The van der Waals surface area contributed by atoms with Gasteiger partial charge in [0.1, 0.15) is 5.82 Å². The Labute approximate surface area is 191 Å². The van der Waals surface area contributed by atoms with E-state index in [1.165, 1.54) is 21.3 Å². The summed E-state index contributed by atoms with van der Waals surface area (Å²) >= 11 is 1.69. The van der Waals surface area contributed by atoms with Crippen molar-refractivity contribution in [1.82, 2.24) is 9.21 Å². The summed E-state index contributed by atoms with van der Waals surface area (Å²) in [6.07, 6.45) is 2.21. The van der Waals surface area contributed by atoms with Gasteiger partial charge in [-0.15, -0.1) is 11.3 Å². The Hall–Kier alpha value is -2.55. The Bertz CT molecular complexity index is 1220. The third-order valence-corrected chi connectivity index (χ3v) is 8.98. The van der Waals surface area contributed by atoms with Crippen LogP contribution in [0.2, 0.25) is 0 Å². The second-order valence-corrected chi connectivity index (χ2v) is 11.1. The van der Waals surface area contributed by atoms with Gasteiger partial charge in [-0.05, 0) is 66.1 Å². The molecule has 1 unspecified atom stereocenters. The van der Waals surface area contributed by atoms with Gasteiger partial charge < -0.3 is 4.90 Å². The minimum Gasteiger partial charge on any atom is -0.330 e. The fourth-order valence-corrected chi connectivity index (χ4v) is 6.86. The number of fused-ring (bicyclic) bond motifs is 1. The van der Waals surface area contributed by atoms with Crippen LogP contribution >= 0.6 is 11.3 Å². The first-order chi connectivity index (χ1) is 15.4. The van der Waals surface area contributed by atoms with E-state index >= 15 is 0 Å². The van der Waals surface area contributed by atoms with Crippen molar-refractivity contribution in [2.75, 3.05) is 13.1 Å². The van der Waals surface area contributed by atoms with Crippen molar-refractivity contribution in [3.05, 3.63) is 87.9 Å². The molecule has 1 aliphatic heterocycles. The number of benzene rings is 2. The van der Waals surface area contributed by atoms with Gasteiger partial charge in [0.25, 0.3) is 0 Å². The number of rotatable bonds is 6. The van der Waals surface area contributed by atoms with Crippen molar-refractivity contribution in [2.45, 2.75) is 36.2 Å². The van der Waals surface area contributed by atoms with Gasteiger partial charge in [-0.3, -0.25) is 4.79 Å². The molecule has 0 spiro atoms. The molecule has 166 valence electrons. The van der Waals surface area contributed by atoms with Gasteiger partial charge in [-0.2, -0.15) is 4.31 Å². The van der Waals surface area contributed by atoms with E-state index in [-0.39, 0.29) is 29.4 Å². The second-order valence-electron chi connectivity index (χ2n) is 8.18. The highest BCUT2D eigenvalue weighted by molar-refractivity contribution is 7.89. The Morgan fingerprint density at radius 2 is 1.78 bits per heavy atom. The molecule has 1 fully saturated rings. The molecule has 0 saturated heterocycles. The molecule has 2 aliphatic rings. The summed E-state index contributed by atoms with van der Waals surface area (Å²) in [6, 6.07) is 16.3. The number of hydrogen-bond donors (Lipinski definition) is 0. The van der Waals surface area contributed by atoms with E-state index in [1.807, 2.05) is 35.7 Å². The lowest BCUT2D eigenvalue weighted by molar-refractivity contribution is -0.133. The highest BCUT2D eigenvalue weighted by Gasteiger charge is 2.41. The van der Waals surface area contributed by atoms with Gasteiger partial charge in [0, 0.05) is 17.5 Å². The van der Waals surface area contributed by atoms with Crippen molar-refractivity contribution >= 4 is 27.3 Å². The smallest absolute Gasteiger partial charge is 0.243 e. The van der Waals surface area contributed by atoms with Crippen molar-refractivity contribution in [2.24, 2.45) is 0 Å². The lowest BCUT2D eigenvalue weighted by atomic mass is 9.93. The maximum Gasteiger partial charge on any atom is 0.243 e. The zero-order chi connectivity index (χ0) is 22.3. The minimum atomic E-state index is -3.90. The summed E-state index contributed by atoms with van der Waals surface area (Å²) in [7, 11) is -3.90. The van der Waals surface area contributed by atoms with Crippen LogP contribution < -0.4 is 0 Å². The van der Waals surface area contributed by atoms with Gasteiger partial charge >= 0.3 is 0 Å². The number of thiophene rings is 1. The van der Waals surface area contributed by atoms with E-state index in [4.69, 9.17) is 0 Å². The average Bonchev–Trinajstić information content (AvgIpc) is 3.52. The maximum absolute atomic E-state index is 13.6. The monoisotopic (exact) mass is 470 g/mol. The topological polar surface area (TPSA) is 57.7 Å². The molecule has 1 amide bonds. The van der Waals surface area contributed by atoms with E-state index in [0.29, 0.717) is 6.54 Å². The van der Waals surface area contributed by atoms with Crippen LogP contribution in [-0.2, 0) is 21.2 Å². The SMILES string of the molecule is O=C(CN(C1CC1)S(=O)(=O)c1ccc(F)cc1)N1CCc2sccc2C1c1ccccc1. The van der Waals surface area contributed by atoms with E-state index in [1.54, 1.807) is 16.2 Å². The van der Waals surface area contributed by atoms with Crippen LogP contribution in [0.5, 0.6) is 0 Å². The summed E-state index contributed by atoms with van der Waals surface area (Å²) in [5.74, 6) is -0.711. The molecule has 8 heteroatoms. The second kappa shape index (κ2) is 8.42. The molecular weight excluding hydrogens is 447 g/mol. The summed E-state index contributed by atoms with van der Waals surface area (Å²) in [5, 5.41) is 2.05. The number of amides is 1. The number of sulfonamides is 1. The predicted octanol–water partition coefficient (Wildman–Crippen LogP) is 4.21. The molecule has 3 aromatic rings. The number of carbonyl (C=O) groups is 1. The van der Waals surface area contributed by atoms with Crippen LogP contribution in [0.3, 0.4) is 0 Å². The Morgan fingerprint density at radius 3 is 2.47 bits per heavy atom. The zero-order valence-corrected chi connectivity index (χ0v) is 19.0. The van der Waals surface area contributed by atoms with Crippen LogP contribution in [0.25, 0.3) is 0 Å². The van der Waals surface area contributed by atoms with E-state index < -0.39 is 15.8 Å². The molecule has 1 aliphatic carbocycles. The average molecular weight is 471 g/mol. The molecule has 0 bridgehead atoms. The van der Waals surface area contributed by atoms with Crippen molar-refractivity contribution < 1.29 is 17.6 Å². The Balaban J connectivity index is 1.45. The molecule has 5 rings (SSSR count). The van der Waals surface area contributed by atoms with Crippen LogP contribution in [0.15, 0.2) is 70.9 Å². The van der Waals surface area contributed by atoms with E-state index in [2.05, 4.69) is 6.07 Å². The molecule has 1 aromatic heterocycles. The molecule has 2 aromatic carbocycles. The Kier molecular flexibility index (Phi) is 5.61. The molecule has 32 heavy (non-hydrogen) atoms. The number of halogens is 1. The third-order valence-electron chi connectivity index (χ3n) is 6.07. The van der Waals surface area contributed by atoms with Crippen molar-refractivity contribution in [1.29, 1.82) is 0 Å². The van der Waals surface area contributed by atoms with Gasteiger partial charge in [0.2, 0.25) is 15.9 Å². The number of hydrogen-bond acceptors (Lipinski definition) is 4. The standard InChI is InChI=1S/C24H23FN2O3S2/c25-18-6-10-20(11-7-18)32(29,30)27(19-8-9-19)16-23(28)26-14-12-22-21(13-15-31-22)24(26)17-4-2-1-3-5-17/h1-7,10-11,13,15,19,24H,8-9,12,14,16H2. The highest BCUT2D eigenvalue weighted by Crippen LogP contribution is 2.38. The first-order valence-corrected chi connectivity index (χ1v) is 13.0. The first-order valence-electron chi connectivity index (χ1n) is 10.6. The molecule has 2 heterocycles. The molecule has 1 saturated carbocycles. The quantitative estimate of drug-likeness (QED) is 0.542. The zero-order valence-electron chi connectivity index (χ0n) is 17.4. The van der Waals surface area contributed by atoms with Gasteiger partial charge in [0.15, 0.2) is 0 Å². The normalized spacial score (nSPS) is 18.6.